The third-order valence-corrected chi connectivity index (χ3v) is 6.12. The second-order valence-corrected chi connectivity index (χ2v) is 8.17. The Morgan fingerprint density at radius 1 is 0.826 bits per heavy atom. The third kappa shape index (κ3) is 2.44. The van der Waals surface area contributed by atoms with Gasteiger partial charge < -0.3 is 0 Å². The summed E-state index contributed by atoms with van der Waals surface area (Å²) in [5, 5.41) is 0. The van der Waals surface area contributed by atoms with Crippen molar-refractivity contribution in [2.45, 2.75) is 20.8 Å². The molecule has 0 saturated heterocycles. The molecule has 1 aliphatic heterocycles. The van der Waals surface area contributed by atoms with Gasteiger partial charge >= 0.3 is 142 Å². The summed E-state index contributed by atoms with van der Waals surface area (Å²) in [6, 6.07) is 12.9. The Bertz CT molecular complexity index is 853. The molecule has 0 spiro atoms. The molecule has 3 nitrogen and oxygen atoms in total. The topological polar surface area (TPSA) is 29.0 Å². The number of benzene rings is 1. The quantitative estimate of drug-likeness (QED) is 0.485. The van der Waals surface area contributed by atoms with Crippen molar-refractivity contribution in [2.75, 3.05) is 4.90 Å². The zero-order chi connectivity index (χ0) is 16.0. The van der Waals surface area contributed by atoms with Crippen LogP contribution < -0.4 is 13.8 Å². The van der Waals surface area contributed by atoms with Crippen LogP contribution in [0.3, 0.4) is 0 Å². The van der Waals surface area contributed by atoms with Crippen LogP contribution in [0.25, 0.3) is 0 Å². The second-order valence-electron chi connectivity index (χ2n) is 5.89. The van der Waals surface area contributed by atoms with Crippen LogP contribution in [0.2, 0.25) is 0 Å². The van der Waals surface area contributed by atoms with Crippen LogP contribution in [0, 0.1) is 20.8 Å². The predicted octanol–water partition coefficient (Wildman–Crippen LogP) is 2.84. The summed E-state index contributed by atoms with van der Waals surface area (Å²) in [4.78, 5) is 11.7. The third-order valence-electron chi connectivity index (χ3n) is 3.94. The number of rotatable bonds is 1. The number of hydrogen-bond acceptors (Lipinski definition) is 3. The molecule has 1 aliphatic rings. The zero-order valence-electron chi connectivity index (χ0n) is 13.4. The van der Waals surface area contributed by atoms with Crippen molar-refractivity contribution in [1.29, 1.82) is 0 Å². The van der Waals surface area contributed by atoms with Gasteiger partial charge in [-0.25, -0.2) is 0 Å². The molecular formula is C19H17N3Se. The van der Waals surface area contributed by atoms with E-state index in [1.54, 1.807) is 0 Å². The van der Waals surface area contributed by atoms with Crippen LogP contribution in [0.4, 0.5) is 17.3 Å². The van der Waals surface area contributed by atoms with Gasteiger partial charge in [-0.2, -0.15) is 0 Å². The molecule has 0 amide bonds. The number of aromatic nitrogens is 2. The molecular weight excluding hydrogens is 349 g/mol. The minimum absolute atomic E-state index is 0.238. The first-order chi connectivity index (χ1) is 11.1. The summed E-state index contributed by atoms with van der Waals surface area (Å²) in [6.45, 7) is 6.34. The average molecular weight is 366 g/mol. The van der Waals surface area contributed by atoms with Crippen molar-refractivity contribution in [3.05, 3.63) is 65.5 Å². The molecule has 0 unspecified atom stereocenters. The fraction of sp³-hybridized carbons (Fsp3) is 0.158. The van der Waals surface area contributed by atoms with Gasteiger partial charge in [-0.15, -0.1) is 0 Å². The first-order valence-electron chi connectivity index (χ1n) is 7.60. The normalized spacial score (nSPS) is 12.7. The van der Waals surface area contributed by atoms with E-state index in [0.717, 1.165) is 17.3 Å². The van der Waals surface area contributed by atoms with Crippen molar-refractivity contribution in [2.24, 2.45) is 0 Å². The Morgan fingerprint density at radius 2 is 1.39 bits per heavy atom. The Hall–Kier alpha value is -2.16. The van der Waals surface area contributed by atoms with Crippen molar-refractivity contribution in [3.8, 4) is 0 Å². The van der Waals surface area contributed by atoms with Crippen LogP contribution in [0.1, 0.15) is 16.7 Å². The molecule has 114 valence electrons. The molecule has 23 heavy (non-hydrogen) atoms. The van der Waals surface area contributed by atoms with E-state index >= 15 is 0 Å². The second kappa shape index (κ2) is 5.48. The Morgan fingerprint density at radius 3 is 1.96 bits per heavy atom. The van der Waals surface area contributed by atoms with Gasteiger partial charge in [0.15, 0.2) is 0 Å². The Balaban J connectivity index is 2.00. The van der Waals surface area contributed by atoms with Crippen LogP contribution >= 0.6 is 0 Å². The van der Waals surface area contributed by atoms with Crippen molar-refractivity contribution in [1.82, 2.24) is 9.97 Å². The van der Waals surface area contributed by atoms with Gasteiger partial charge in [-0.05, 0) is 0 Å². The molecule has 3 aromatic rings. The predicted molar refractivity (Wildman–Crippen MR) is 95.9 cm³/mol. The van der Waals surface area contributed by atoms with Crippen LogP contribution in [0.15, 0.2) is 48.8 Å². The van der Waals surface area contributed by atoms with E-state index in [9.17, 15) is 0 Å². The summed E-state index contributed by atoms with van der Waals surface area (Å²) in [5.74, 6) is 2.04. The van der Waals surface area contributed by atoms with Crippen LogP contribution in [-0.2, 0) is 0 Å². The molecule has 0 bridgehead atoms. The number of hydrogen-bond donors (Lipinski definition) is 0. The van der Waals surface area contributed by atoms with Gasteiger partial charge in [-0.3, -0.25) is 0 Å². The molecule has 0 fully saturated rings. The van der Waals surface area contributed by atoms with Crippen molar-refractivity contribution < 1.29 is 0 Å². The molecule has 4 rings (SSSR count). The van der Waals surface area contributed by atoms with Crippen LogP contribution in [-0.4, -0.2) is 24.9 Å². The van der Waals surface area contributed by atoms with Crippen LogP contribution in [0.5, 0.6) is 0 Å². The Labute approximate surface area is 142 Å². The molecule has 1 aromatic carbocycles. The van der Waals surface area contributed by atoms with Crippen molar-refractivity contribution in [3.63, 3.8) is 0 Å². The number of fused-ring (bicyclic) bond motifs is 2. The van der Waals surface area contributed by atoms with Gasteiger partial charge in [0, 0.05) is 0 Å². The van der Waals surface area contributed by atoms with Gasteiger partial charge in [-0.1, -0.05) is 0 Å². The molecule has 0 saturated carbocycles. The van der Waals surface area contributed by atoms with Gasteiger partial charge in [0.2, 0.25) is 0 Å². The zero-order valence-corrected chi connectivity index (χ0v) is 15.1. The molecule has 4 heteroatoms. The summed E-state index contributed by atoms with van der Waals surface area (Å²) >= 11 is 0.238. The van der Waals surface area contributed by atoms with E-state index in [4.69, 9.17) is 9.97 Å². The van der Waals surface area contributed by atoms with E-state index in [1.165, 1.54) is 25.6 Å². The minimum atomic E-state index is 0.238. The van der Waals surface area contributed by atoms with E-state index in [1.807, 2.05) is 12.4 Å². The van der Waals surface area contributed by atoms with E-state index in [2.05, 4.69) is 62.1 Å². The first kappa shape index (κ1) is 14.4. The number of pyridine rings is 2. The summed E-state index contributed by atoms with van der Waals surface area (Å²) < 4.78 is 2.64. The summed E-state index contributed by atoms with van der Waals surface area (Å²) in [5.41, 5.74) is 4.79. The molecule has 0 aliphatic carbocycles. The summed E-state index contributed by atoms with van der Waals surface area (Å²) in [6.07, 6.45) is 3.89. The number of aryl methyl sites for hydroxylation is 3. The van der Waals surface area contributed by atoms with Gasteiger partial charge in [0.25, 0.3) is 0 Å². The van der Waals surface area contributed by atoms with E-state index < -0.39 is 0 Å². The molecule has 0 radical (unpaired) electrons. The number of anilines is 3. The SMILES string of the molecule is Cc1cnc2c(c1)[Se]c1cc(C)cnc1N2c1ccccc1C. The molecule has 2 aromatic heterocycles. The molecule has 0 atom stereocenters. The molecule has 3 heterocycles. The fourth-order valence-electron chi connectivity index (χ4n) is 2.82. The van der Waals surface area contributed by atoms with E-state index in [0.29, 0.717) is 0 Å². The Kier molecular flexibility index (Phi) is 3.44. The first-order valence-corrected chi connectivity index (χ1v) is 9.32. The van der Waals surface area contributed by atoms with Gasteiger partial charge in [0.1, 0.15) is 0 Å². The average Bonchev–Trinajstić information content (AvgIpc) is 2.53. The van der Waals surface area contributed by atoms with Crippen molar-refractivity contribution >= 4 is 41.2 Å². The monoisotopic (exact) mass is 367 g/mol. The van der Waals surface area contributed by atoms with Gasteiger partial charge in [0.05, 0.1) is 0 Å². The maximum absolute atomic E-state index is 4.74. The number of para-hydroxylation sites is 1. The maximum atomic E-state index is 4.74. The standard InChI is InChI=1S/C19H17N3Se/c1-12-8-16-18(20-10-12)22(15-7-5-4-6-14(15)3)19-17(23-16)9-13(2)11-21-19/h4-11H,1-3H3. The summed E-state index contributed by atoms with van der Waals surface area (Å²) in [7, 11) is 0. The number of nitrogens with zero attached hydrogens (tertiary/aromatic N) is 3. The fourth-order valence-corrected chi connectivity index (χ4v) is 5.33. The van der Waals surface area contributed by atoms with E-state index in [-0.39, 0.29) is 15.0 Å². The molecule has 0 N–H and O–H groups in total.